The van der Waals surface area contributed by atoms with Crippen molar-refractivity contribution in [2.45, 2.75) is 58.7 Å². The Bertz CT molecular complexity index is 1070. The summed E-state index contributed by atoms with van der Waals surface area (Å²) in [7, 11) is 0. The molecule has 1 saturated heterocycles. The lowest BCUT2D eigenvalue weighted by molar-refractivity contribution is -0.138. The number of carbonyl (C=O) groups excluding carboxylic acids is 1. The van der Waals surface area contributed by atoms with Gasteiger partial charge in [0.1, 0.15) is 6.04 Å². The average Bonchev–Trinajstić information content (AvgIpc) is 2.77. The third-order valence-corrected chi connectivity index (χ3v) is 5.98. The molecular weight excluding hydrogens is 436 g/mol. The number of aromatic nitrogens is 2. The fourth-order valence-electron chi connectivity index (χ4n) is 4.24. The van der Waals surface area contributed by atoms with Crippen LogP contribution in [0.5, 0.6) is 0 Å². The number of hydrogen-bond donors (Lipinski definition) is 2. The van der Waals surface area contributed by atoms with Crippen LogP contribution >= 0.6 is 0 Å². The van der Waals surface area contributed by atoms with Gasteiger partial charge in [0.05, 0.1) is 37.6 Å². The van der Waals surface area contributed by atoms with Gasteiger partial charge in [-0.2, -0.15) is 0 Å². The van der Waals surface area contributed by atoms with Crippen LogP contribution in [0.4, 0.5) is 5.69 Å². The number of amides is 1. The Kier molecular flexibility index (Phi) is 8.44. The number of anilines is 1. The second-order valence-corrected chi connectivity index (χ2v) is 9.35. The van der Waals surface area contributed by atoms with Gasteiger partial charge >= 0.3 is 5.97 Å². The van der Waals surface area contributed by atoms with Gasteiger partial charge in [-0.05, 0) is 49.4 Å². The van der Waals surface area contributed by atoms with Crippen LogP contribution in [-0.4, -0.2) is 52.3 Å². The van der Waals surface area contributed by atoms with E-state index in [4.69, 9.17) is 4.74 Å². The summed E-state index contributed by atoms with van der Waals surface area (Å²) < 4.78 is 6.93. The van der Waals surface area contributed by atoms with Crippen molar-refractivity contribution < 1.29 is 19.4 Å². The first-order valence-electron chi connectivity index (χ1n) is 11.7. The standard InChI is InChI=1S/C25H34N4O5/c1-16(2)9-22(29-6-5-17(3)10-23(29)30)25(33)27-21(12-24(31)32)19-11-20(14-26-13-19)28-7-8-34-15-18(28)4/h5-6,10-11,13-14,16,18,21-22H,7-9,12,15H2,1-4H3,(H,27,33)(H,31,32)/t18-,21+,22+/m0/s1. The fraction of sp³-hybridized carbons (Fsp3) is 0.520. The van der Waals surface area contributed by atoms with E-state index in [1.165, 1.54) is 10.6 Å². The quantitative estimate of drug-likeness (QED) is 0.579. The molecule has 184 valence electrons. The number of hydrogen-bond acceptors (Lipinski definition) is 6. The number of carboxylic acids is 1. The van der Waals surface area contributed by atoms with Crippen LogP contribution < -0.4 is 15.8 Å². The summed E-state index contributed by atoms with van der Waals surface area (Å²) in [6, 6.07) is 3.77. The van der Waals surface area contributed by atoms with Gasteiger partial charge in [-0.25, -0.2) is 0 Å². The molecule has 2 aromatic rings. The van der Waals surface area contributed by atoms with Crippen LogP contribution in [0.2, 0.25) is 0 Å². The van der Waals surface area contributed by atoms with Gasteiger partial charge in [-0.15, -0.1) is 0 Å². The van der Waals surface area contributed by atoms with Crippen molar-refractivity contribution in [3.8, 4) is 0 Å². The summed E-state index contributed by atoms with van der Waals surface area (Å²) in [6.07, 6.45) is 5.08. The molecule has 0 saturated carbocycles. The zero-order chi connectivity index (χ0) is 24.8. The molecule has 0 radical (unpaired) electrons. The Hall–Kier alpha value is -3.20. The second-order valence-electron chi connectivity index (χ2n) is 9.35. The molecule has 0 aliphatic carbocycles. The molecule has 9 nitrogen and oxygen atoms in total. The first-order valence-corrected chi connectivity index (χ1v) is 11.7. The molecule has 2 N–H and O–H groups in total. The van der Waals surface area contributed by atoms with Crippen LogP contribution in [0.1, 0.15) is 56.8 Å². The third kappa shape index (κ3) is 6.44. The smallest absolute Gasteiger partial charge is 0.305 e. The lowest BCUT2D eigenvalue weighted by Gasteiger charge is -2.35. The SMILES string of the molecule is Cc1ccn([C@H](CC(C)C)C(=O)N[C@H](CC(=O)O)c2cncc(N3CCOC[C@@H]3C)c2)c(=O)c1. The number of ether oxygens (including phenoxy) is 1. The number of pyridine rings is 2. The van der Waals surface area contributed by atoms with Crippen LogP contribution in [0.3, 0.4) is 0 Å². The highest BCUT2D eigenvalue weighted by Crippen LogP contribution is 2.26. The van der Waals surface area contributed by atoms with Crippen molar-refractivity contribution in [2.24, 2.45) is 5.92 Å². The zero-order valence-corrected chi connectivity index (χ0v) is 20.2. The van der Waals surface area contributed by atoms with Gasteiger partial charge in [0.15, 0.2) is 0 Å². The van der Waals surface area contributed by atoms with Crippen LogP contribution in [0, 0.1) is 12.8 Å². The lowest BCUT2D eigenvalue weighted by Crippen LogP contribution is -2.44. The number of carboxylic acid groups (broad SMARTS) is 1. The summed E-state index contributed by atoms with van der Waals surface area (Å²) in [6.45, 7) is 9.73. The molecule has 1 amide bonds. The molecular formula is C25H34N4O5. The largest absolute Gasteiger partial charge is 0.481 e. The Labute approximate surface area is 199 Å². The predicted octanol–water partition coefficient (Wildman–Crippen LogP) is 2.70. The number of carbonyl (C=O) groups is 2. The van der Waals surface area contributed by atoms with Gasteiger partial charge in [0.2, 0.25) is 5.91 Å². The van der Waals surface area contributed by atoms with E-state index < -0.39 is 24.0 Å². The van der Waals surface area contributed by atoms with Crippen LogP contribution in [0.25, 0.3) is 0 Å². The molecule has 3 atom stereocenters. The van der Waals surface area contributed by atoms with Crippen molar-refractivity contribution in [1.82, 2.24) is 14.9 Å². The summed E-state index contributed by atoms with van der Waals surface area (Å²) in [5.74, 6) is -1.28. The summed E-state index contributed by atoms with van der Waals surface area (Å²) in [4.78, 5) is 44.2. The van der Waals surface area contributed by atoms with Crippen LogP contribution in [-0.2, 0) is 14.3 Å². The number of aryl methyl sites for hydroxylation is 1. The number of aliphatic carboxylic acids is 1. The molecule has 3 heterocycles. The molecule has 34 heavy (non-hydrogen) atoms. The van der Waals surface area contributed by atoms with Gasteiger partial charge in [-0.3, -0.25) is 19.4 Å². The maximum atomic E-state index is 13.4. The first-order chi connectivity index (χ1) is 16.2. The first kappa shape index (κ1) is 25.4. The molecule has 1 aliphatic rings. The Morgan fingerprint density at radius 3 is 2.71 bits per heavy atom. The Morgan fingerprint density at radius 1 is 1.29 bits per heavy atom. The van der Waals surface area contributed by atoms with E-state index in [0.29, 0.717) is 31.7 Å². The van der Waals surface area contributed by atoms with Gasteiger partial charge < -0.3 is 24.6 Å². The number of rotatable bonds is 9. The predicted molar refractivity (Wildman–Crippen MR) is 129 cm³/mol. The molecule has 1 aliphatic heterocycles. The normalized spacial score (nSPS) is 17.9. The Morgan fingerprint density at radius 2 is 2.06 bits per heavy atom. The zero-order valence-electron chi connectivity index (χ0n) is 20.2. The number of nitrogens with zero attached hydrogens (tertiary/aromatic N) is 3. The highest BCUT2D eigenvalue weighted by Gasteiger charge is 2.28. The van der Waals surface area contributed by atoms with E-state index in [0.717, 1.165) is 11.3 Å². The lowest BCUT2D eigenvalue weighted by atomic mass is 10.00. The van der Waals surface area contributed by atoms with E-state index in [1.807, 2.05) is 26.8 Å². The fourth-order valence-corrected chi connectivity index (χ4v) is 4.24. The number of morpholine rings is 1. The van der Waals surface area contributed by atoms with Crippen molar-refractivity contribution >= 4 is 17.6 Å². The minimum atomic E-state index is -1.04. The Balaban J connectivity index is 1.90. The average molecular weight is 471 g/mol. The van der Waals surface area contributed by atoms with Crippen molar-refractivity contribution in [1.29, 1.82) is 0 Å². The van der Waals surface area contributed by atoms with E-state index >= 15 is 0 Å². The number of nitrogens with one attached hydrogen (secondary N) is 1. The van der Waals surface area contributed by atoms with Gasteiger partial charge in [0, 0.05) is 31.0 Å². The molecule has 0 spiro atoms. The summed E-state index contributed by atoms with van der Waals surface area (Å²) >= 11 is 0. The van der Waals surface area contributed by atoms with E-state index in [1.54, 1.807) is 24.7 Å². The molecule has 2 aromatic heterocycles. The molecule has 9 heteroatoms. The molecule has 0 aromatic carbocycles. The van der Waals surface area contributed by atoms with Crippen molar-refractivity contribution in [2.75, 3.05) is 24.7 Å². The van der Waals surface area contributed by atoms with Gasteiger partial charge in [-0.1, -0.05) is 13.8 Å². The van der Waals surface area contributed by atoms with E-state index in [2.05, 4.69) is 22.1 Å². The van der Waals surface area contributed by atoms with Crippen molar-refractivity contribution in [3.05, 3.63) is 58.3 Å². The van der Waals surface area contributed by atoms with E-state index in [9.17, 15) is 19.5 Å². The second kappa shape index (κ2) is 11.3. The highest BCUT2D eigenvalue weighted by molar-refractivity contribution is 5.81. The highest BCUT2D eigenvalue weighted by atomic mass is 16.5. The monoisotopic (exact) mass is 470 g/mol. The van der Waals surface area contributed by atoms with Crippen molar-refractivity contribution in [3.63, 3.8) is 0 Å². The van der Waals surface area contributed by atoms with Gasteiger partial charge in [0.25, 0.3) is 5.56 Å². The molecule has 1 fully saturated rings. The molecule has 3 rings (SSSR count). The molecule has 0 unspecified atom stereocenters. The minimum absolute atomic E-state index is 0.148. The van der Waals surface area contributed by atoms with Crippen LogP contribution in [0.15, 0.2) is 41.6 Å². The maximum absolute atomic E-state index is 13.4. The maximum Gasteiger partial charge on any atom is 0.305 e. The topological polar surface area (TPSA) is 114 Å². The minimum Gasteiger partial charge on any atom is -0.481 e. The summed E-state index contributed by atoms with van der Waals surface area (Å²) in [5.41, 5.74) is 2.01. The van der Waals surface area contributed by atoms with E-state index in [-0.39, 0.29) is 23.9 Å². The molecule has 0 bridgehead atoms. The third-order valence-electron chi connectivity index (χ3n) is 5.98. The summed E-state index contributed by atoms with van der Waals surface area (Å²) in [5, 5.41) is 12.4.